The molecule has 0 bridgehead atoms. The molecule has 0 saturated carbocycles. The van der Waals surface area contributed by atoms with Crippen molar-refractivity contribution in [1.29, 1.82) is 0 Å². The van der Waals surface area contributed by atoms with Gasteiger partial charge in [-0.1, -0.05) is 133 Å². The lowest BCUT2D eigenvalue weighted by atomic mass is 9.96. The predicted molar refractivity (Wildman–Crippen MR) is 194 cm³/mol. The summed E-state index contributed by atoms with van der Waals surface area (Å²) in [5, 5.41) is 7.00. The zero-order valence-electron chi connectivity index (χ0n) is 25.1. The summed E-state index contributed by atoms with van der Waals surface area (Å²) in [5.74, 6) is 0. The molecule has 0 radical (unpaired) electrons. The zero-order valence-corrected chi connectivity index (χ0v) is 25.1. The first-order valence-electron chi connectivity index (χ1n) is 15.7. The van der Waals surface area contributed by atoms with E-state index in [9.17, 15) is 0 Å². The fourth-order valence-corrected chi connectivity index (χ4v) is 6.86. The molecule has 0 N–H and O–H groups in total. The maximum absolute atomic E-state index is 6.39. The Hall–Kier alpha value is -6.12. The third kappa shape index (κ3) is 4.35. The standard InChI is InChI=1S/C44H29NO/c1-3-12-30(13-4-1)31-22-24-34(25-23-31)45(42-27-26-35(32-14-5-2-6-15-32)36-17-7-8-18-37(36)42)41-20-11-16-33-28-40-38-19-9-10-21-43(38)46-44(40)29-39(33)41/h1-29H. The third-order valence-corrected chi connectivity index (χ3v) is 9.05. The van der Waals surface area contributed by atoms with Gasteiger partial charge in [0.05, 0.1) is 11.4 Å². The largest absolute Gasteiger partial charge is 0.456 e. The van der Waals surface area contributed by atoms with Gasteiger partial charge in [0.2, 0.25) is 0 Å². The smallest absolute Gasteiger partial charge is 0.136 e. The molecule has 0 aliphatic carbocycles. The molecule has 216 valence electrons. The van der Waals surface area contributed by atoms with Gasteiger partial charge in [-0.3, -0.25) is 0 Å². The molecule has 46 heavy (non-hydrogen) atoms. The van der Waals surface area contributed by atoms with Crippen LogP contribution in [0.15, 0.2) is 180 Å². The van der Waals surface area contributed by atoms with Crippen LogP contribution >= 0.6 is 0 Å². The van der Waals surface area contributed by atoms with E-state index in [1.807, 2.05) is 12.1 Å². The molecule has 0 atom stereocenters. The van der Waals surface area contributed by atoms with Crippen LogP contribution in [0.3, 0.4) is 0 Å². The number of hydrogen-bond donors (Lipinski definition) is 0. The Kier molecular flexibility index (Phi) is 6.17. The summed E-state index contributed by atoms with van der Waals surface area (Å²) in [6, 6.07) is 62.8. The molecule has 1 heterocycles. The third-order valence-electron chi connectivity index (χ3n) is 9.05. The van der Waals surface area contributed by atoms with Gasteiger partial charge in [-0.25, -0.2) is 0 Å². The van der Waals surface area contributed by atoms with Crippen molar-refractivity contribution in [2.24, 2.45) is 0 Å². The van der Waals surface area contributed by atoms with Crippen LogP contribution in [0.1, 0.15) is 0 Å². The second-order valence-corrected chi connectivity index (χ2v) is 11.7. The van der Waals surface area contributed by atoms with Crippen molar-refractivity contribution in [2.75, 3.05) is 4.90 Å². The van der Waals surface area contributed by atoms with E-state index in [0.717, 1.165) is 44.4 Å². The number of nitrogens with zero attached hydrogens (tertiary/aromatic N) is 1. The van der Waals surface area contributed by atoms with Crippen LogP contribution in [0.25, 0.3) is 65.7 Å². The fourth-order valence-electron chi connectivity index (χ4n) is 6.86. The van der Waals surface area contributed by atoms with E-state index in [2.05, 4.69) is 169 Å². The number of hydrogen-bond acceptors (Lipinski definition) is 2. The Morgan fingerprint density at radius 3 is 1.76 bits per heavy atom. The second-order valence-electron chi connectivity index (χ2n) is 11.7. The summed E-state index contributed by atoms with van der Waals surface area (Å²) >= 11 is 0. The summed E-state index contributed by atoms with van der Waals surface area (Å²) in [6.07, 6.45) is 0. The average molecular weight is 588 g/mol. The van der Waals surface area contributed by atoms with Crippen LogP contribution in [0.5, 0.6) is 0 Å². The summed E-state index contributed by atoms with van der Waals surface area (Å²) < 4.78 is 6.39. The van der Waals surface area contributed by atoms with E-state index in [4.69, 9.17) is 4.42 Å². The molecule has 1 aromatic heterocycles. The number of para-hydroxylation sites is 1. The Balaban J connectivity index is 1.30. The average Bonchev–Trinajstić information content (AvgIpc) is 3.49. The molecule has 0 fully saturated rings. The van der Waals surface area contributed by atoms with E-state index in [1.54, 1.807) is 0 Å². The number of benzene rings is 8. The second kappa shape index (κ2) is 10.8. The van der Waals surface area contributed by atoms with Crippen molar-refractivity contribution in [3.8, 4) is 22.3 Å². The molecule has 9 aromatic rings. The minimum absolute atomic E-state index is 0.893. The number of rotatable bonds is 5. The normalized spacial score (nSPS) is 11.5. The highest BCUT2D eigenvalue weighted by atomic mass is 16.3. The summed E-state index contributed by atoms with van der Waals surface area (Å²) in [4.78, 5) is 2.41. The first-order valence-corrected chi connectivity index (χ1v) is 15.7. The summed E-state index contributed by atoms with van der Waals surface area (Å²) in [5.41, 5.74) is 9.95. The minimum Gasteiger partial charge on any atom is -0.456 e. The Morgan fingerprint density at radius 2 is 0.978 bits per heavy atom. The summed E-state index contributed by atoms with van der Waals surface area (Å²) in [6.45, 7) is 0. The van der Waals surface area contributed by atoms with Gasteiger partial charge in [0.15, 0.2) is 0 Å². The van der Waals surface area contributed by atoms with Crippen LogP contribution < -0.4 is 4.90 Å². The van der Waals surface area contributed by atoms with E-state index in [1.165, 1.54) is 38.4 Å². The molecule has 2 heteroatoms. The molecule has 2 nitrogen and oxygen atoms in total. The maximum Gasteiger partial charge on any atom is 0.136 e. The van der Waals surface area contributed by atoms with E-state index < -0.39 is 0 Å². The molecule has 0 unspecified atom stereocenters. The van der Waals surface area contributed by atoms with Crippen molar-refractivity contribution in [3.63, 3.8) is 0 Å². The molecular formula is C44H29NO. The number of fused-ring (bicyclic) bond motifs is 5. The quantitative estimate of drug-likeness (QED) is 0.199. The number of anilines is 3. The Morgan fingerprint density at radius 1 is 0.348 bits per heavy atom. The van der Waals surface area contributed by atoms with Crippen LogP contribution in [-0.4, -0.2) is 0 Å². The zero-order chi connectivity index (χ0) is 30.5. The van der Waals surface area contributed by atoms with Crippen LogP contribution in [0.4, 0.5) is 17.1 Å². The highest BCUT2D eigenvalue weighted by molar-refractivity contribution is 6.14. The molecule has 8 aromatic carbocycles. The highest BCUT2D eigenvalue weighted by Crippen LogP contribution is 2.45. The van der Waals surface area contributed by atoms with Gasteiger partial charge < -0.3 is 9.32 Å². The van der Waals surface area contributed by atoms with Gasteiger partial charge in [0.1, 0.15) is 11.2 Å². The minimum atomic E-state index is 0.893. The lowest BCUT2D eigenvalue weighted by molar-refractivity contribution is 0.669. The van der Waals surface area contributed by atoms with Crippen molar-refractivity contribution in [1.82, 2.24) is 0 Å². The van der Waals surface area contributed by atoms with Crippen LogP contribution in [-0.2, 0) is 0 Å². The van der Waals surface area contributed by atoms with Gasteiger partial charge in [-0.05, 0) is 75.5 Å². The first kappa shape index (κ1) is 26.3. The highest BCUT2D eigenvalue weighted by Gasteiger charge is 2.20. The number of furan rings is 1. The van der Waals surface area contributed by atoms with E-state index in [-0.39, 0.29) is 0 Å². The maximum atomic E-state index is 6.39. The molecule has 0 amide bonds. The molecule has 9 rings (SSSR count). The van der Waals surface area contributed by atoms with E-state index in [0.29, 0.717) is 0 Å². The molecule has 0 aliphatic heterocycles. The lowest BCUT2D eigenvalue weighted by Crippen LogP contribution is -2.11. The van der Waals surface area contributed by atoms with Crippen molar-refractivity contribution in [2.45, 2.75) is 0 Å². The van der Waals surface area contributed by atoms with Crippen molar-refractivity contribution < 1.29 is 4.42 Å². The van der Waals surface area contributed by atoms with E-state index >= 15 is 0 Å². The molecule has 0 spiro atoms. The SMILES string of the molecule is c1ccc(-c2ccc(N(c3cccc4cc5c(cc34)oc3ccccc35)c3ccc(-c4ccccc4)c4ccccc34)cc2)cc1. The fraction of sp³-hybridized carbons (Fsp3) is 0. The van der Waals surface area contributed by atoms with Gasteiger partial charge >= 0.3 is 0 Å². The van der Waals surface area contributed by atoms with Crippen molar-refractivity contribution in [3.05, 3.63) is 176 Å². The first-order chi connectivity index (χ1) is 22.8. The summed E-state index contributed by atoms with van der Waals surface area (Å²) in [7, 11) is 0. The van der Waals surface area contributed by atoms with Crippen LogP contribution in [0, 0.1) is 0 Å². The van der Waals surface area contributed by atoms with Gasteiger partial charge in [0.25, 0.3) is 0 Å². The predicted octanol–water partition coefficient (Wildman–Crippen LogP) is 12.7. The molecule has 0 saturated heterocycles. The monoisotopic (exact) mass is 587 g/mol. The van der Waals surface area contributed by atoms with Gasteiger partial charge in [-0.2, -0.15) is 0 Å². The Labute approximate surface area is 267 Å². The Bertz CT molecular complexity index is 2510. The van der Waals surface area contributed by atoms with Crippen LogP contribution in [0.2, 0.25) is 0 Å². The molecule has 0 aliphatic rings. The molecular weight excluding hydrogens is 558 g/mol. The lowest BCUT2D eigenvalue weighted by Gasteiger charge is -2.29. The topological polar surface area (TPSA) is 16.4 Å². The van der Waals surface area contributed by atoms with Gasteiger partial charge in [-0.15, -0.1) is 0 Å². The van der Waals surface area contributed by atoms with Crippen molar-refractivity contribution >= 4 is 60.5 Å². The van der Waals surface area contributed by atoms with Gasteiger partial charge in [0, 0.05) is 27.2 Å².